The van der Waals surface area contributed by atoms with Crippen molar-refractivity contribution in [3.8, 4) is 5.75 Å². The van der Waals surface area contributed by atoms with E-state index in [0.717, 1.165) is 22.3 Å². The van der Waals surface area contributed by atoms with Crippen molar-refractivity contribution in [2.45, 2.75) is 32.8 Å². The summed E-state index contributed by atoms with van der Waals surface area (Å²) in [7, 11) is 0. The molecule has 1 nitrogen and oxygen atoms in total. The van der Waals surface area contributed by atoms with E-state index in [9.17, 15) is 8.78 Å². The van der Waals surface area contributed by atoms with E-state index in [0.29, 0.717) is 0 Å². The minimum Gasteiger partial charge on any atom is -0.435 e. The van der Waals surface area contributed by atoms with Gasteiger partial charge in [0.25, 0.3) is 0 Å². The smallest absolute Gasteiger partial charge is 0.387 e. The Morgan fingerprint density at radius 2 is 1.48 bits per heavy atom. The molecule has 2 rings (SSSR count). The van der Waals surface area contributed by atoms with Crippen LogP contribution in [-0.4, -0.2) is 6.61 Å². The highest BCUT2D eigenvalue weighted by Gasteiger charge is 2.16. The van der Waals surface area contributed by atoms with Crippen molar-refractivity contribution in [3.63, 3.8) is 0 Å². The highest BCUT2D eigenvalue weighted by Crippen LogP contribution is 2.34. The molecule has 2 aromatic carbocycles. The summed E-state index contributed by atoms with van der Waals surface area (Å²) in [5, 5.41) is -0.314. The van der Waals surface area contributed by atoms with Gasteiger partial charge in [0, 0.05) is 0 Å². The van der Waals surface area contributed by atoms with E-state index in [1.54, 1.807) is 12.1 Å². The van der Waals surface area contributed by atoms with Gasteiger partial charge < -0.3 is 4.74 Å². The van der Waals surface area contributed by atoms with Gasteiger partial charge in [0.05, 0.1) is 5.38 Å². The second-order valence-corrected chi connectivity index (χ2v) is 5.56. The third kappa shape index (κ3) is 3.73. The Hall–Kier alpha value is -1.61. The molecule has 0 amide bonds. The molecule has 1 unspecified atom stereocenters. The summed E-state index contributed by atoms with van der Waals surface area (Å²) >= 11 is 6.56. The Morgan fingerprint density at radius 3 is 1.95 bits per heavy atom. The van der Waals surface area contributed by atoms with Crippen molar-refractivity contribution >= 4 is 11.6 Å². The summed E-state index contributed by atoms with van der Waals surface area (Å²) in [5.41, 5.74) is 5.36. The number of ether oxygens (including phenoxy) is 1. The topological polar surface area (TPSA) is 9.23 Å². The van der Waals surface area contributed by atoms with E-state index >= 15 is 0 Å². The van der Waals surface area contributed by atoms with Crippen LogP contribution < -0.4 is 4.74 Å². The number of rotatable bonds is 4. The number of alkyl halides is 3. The summed E-state index contributed by atoms with van der Waals surface area (Å²) in [6, 6.07) is 10.6. The van der Waals surface area contributed by atoms with Gasteiger partial charge in [-0.15, -0.1) is 11.6 Å². The van der Waals surface area contributed by atoms with Crippen molar-refractivity contribution < 1.29 is 13.5 Å². The third-order valence-electron chi connectivity index (χ3n) is 3.39. The van der Waals surface area contributed by atoms with Crippen molar-refractivity contribution in [2.24, 2.45) is 0 Å². The second kappa shape index (κ2) is 6.44. The molecule has 0 aliphatic rings. The Bertz CT molecular complexity index is 600. The minimum absolute atomic E-state index is 0.134. The maximum absolute atomic E-state index is 12.1. The largest absolute Gasteiger partial charge is 0.435 e. The van der Waals surface area contributed by atoms with Crippen LogP contribution in [0.4, 0.5) is 8.78 Å². The Balaban J connectivity index is 2.30. The maximum Gasteiger partial charge on any atom is 0.387 e. The maximum atomic E-state index is 12.1. The first kappa shape index (κ1) is 15.8. The van der Waals surface area contributed by atoms with Crippen LogP contribution in [0.1, 0.15) is 33.2 Å². The molecule has 0 radical (unpaired) electrons. The average molecular weight is 311 g/mol. The molecule has 0 aromatic heterocycles. The molecule has 0 heterocycles. The quantitative estimate of drug-likeness (QED) is 0.673. The highest BCUT2D eigenvalue weighted by atomic mass is 35.5. The third-order valence-corrected chi connectivity index (χ3v) is 3.86. The Kier molecular flexibility index (Phi) is 4.84. The molecule has 1 atom stereocenters. The van der Waals surface area contributed by atoms with Crippen molar-refractivity contribution in [1.82, 2.24) is 0 Å². The van der Waals surface area contributed by atoms with Gasteiger partial charge in [-0.1, -0.05) is 29.8 Å². The monoisotopic (exact) mass is 310 g/mol. The van der Waals surface area contributed by atoms with Crippen molar-refractivity contribution in [1.29, 1.82) is 0 Å². The lowest BCUT2D eigenvalue weighted by Gasteiger charge is -2.17. The summed E-state index contributed by atoms with van der Waals surface area (Å²) in [5.74, 6) is 0.134. The molecule has 0 saturated heterocycles. The molecule has 0 N–H and O–H groups in total. The number of aryl methyl sites for hydroxylation is 3. The molecule has 4 heteroatoms. The lowest BCUT2D eigenvalue weighted by Crippen LogP contribution is -2.03. The molecule has 0 saturated carbocycles. The first-order valence-electron chi connectivity index (χ1n) is 6.65. The van der Waals surface area contributed by atoms with Crippen LogP contribution in [0.2, 0.25) is 0 Å². The molecular weight excluding hydrogens is 294 g/mol. The number of hydrogen-bond acceptors (Lipinski definition) is 1. The number of halogens is 3. The zero-order valence-corrected chi connectivity index (χ0v) is 12.9. The predicted octanol–water partition coefficient (Wildman–Crippen LogP) is 5.54. The zero-order valence-electron chi connectivity index (χ0n) is 12.2. The van der Waals surface area contributed by atoms with E-state index in [1.165, 1.54) is 17.7 Å². The lowest BCUT2D eigenvalue weighted by molar-refractivity contribution is -0.0498. The van der Waals surface area contributed by atoms with E-state index in [1.807, 2.05) is 20.8 Å². The molecule has 21 heavy (non-hydrogen) atoms. The van der Waals surface area contributed by atoms with Crippen LogP contribution in [0.25, 0.3) is 0 Å². The van der Waals surface area contributed by atoms with Crippen LogP contribution in [0.3, 0.4) is 0 Å². The van der Waals surface area contributed by atoms with Gasteiger partial charge in [-0.2, -0.15) is 8.78 Å². The van der Waals surface area contributed by atoms with Gasteiger partial charge in [0.1, 0.15) is 5.75 Å². The minimum atomic E-state index is -2.82. The van der Waals surface area contributed by atoms with E-state index in [2.05, 4.69) is 16.9 Å². The van der Waals surface area contributed by atoms with E-state index in [-0.39, 0.29) is 11.1 Å². The van der Waals surface area contributed by atoms with Crippen molar-refractivity contribution in [2.75, 3.05) is 0 Å². The molecule has 112 valence electrons. The van der Waals surface area contributed by atoms with Gasteiger partial charge in [-0.3, -0.25) is 0 Å². The molecule has 2 aromatic rings. The standard InChI is InChI=1S/C17H17ClF2O/c1-10-8-11(2)15(12(3)9-10)16(18)13-4-6-14(7-5-13)21-17(19)20/h4-9,16-17H,1-3H3. The normalized spacial score (nSPS) is 12.5. The van der Waals surface area contributed by atoms with Gasteiger partial charge in [0.2, 0.25) is 0 Å². The molecular formula is C17H17ClF2O. The first-order chi connectivity index (χ1) is 9.88. The lowest BCUT2D eigenvalue weighted by atomic mass is 9.94. The van der Waals surface area contributed by atoms with Gasteiger partial charge in [-0.05, 0) is 55.2 Å². The highest BCUT2D eigenvalue weighted by molar-refractivity contribution is 6.22. The van der Waals surface area contributed by atoms with Crippen LogP contribution in [-0.2, 0) is 0 Å². The molecule has 0 spiro atoms. The number of benzene rings is 2. The SMILES string of the molecule is Cc1cc(C)c(C(Cl)c2ccc(OC(F)F)cc2)c(C)c1. The van der Waals surface area contributed by atoms with Gasteiger partial charge in [-0.25, -0.2) is 0 Å². The summed E-state index contributed by atoms with van der Waals surface area (Å²) in [6.07, 6.45) is 0. The van der Waals surface area contributed by atoms with Crippen LogP contribution in [0.15, 0.2) is 36.4 Å². The van der Waals surface area contributed by atoms with Crippen LogP contribution >= 0.6 is 11.6 Å². The summed E-state index contributed by atoms with van der Waals surface area (Å²) in [6.45, 7) is 3.28. The summed E-state index contributed by atoms with van der Waals surface area (Å²) in [4.78, 5) is 0. The van der Waals surface area contributed by atoms with Gasteiger partial charge in [0.15, 0.2) is 0 Å². The molecule has 0 fully saturated rings. The number of hydrogen-bond donors (Lipinski definition) is 0. The predicted molar refractivity (Wildman–Crippen MR) is 81.4 cm³/mol. The fourth-order valence-electron chi connectivity index (χ4n) is 2.58. The van der Waals surface area contributed by atoms with Crippen molar-refractivity contribution in [3.05, 3.63) is 64.2 Å². The first-order valence-corrected chi connectivity index (χ1v) is 7.08. The molecule has 0 aliphatic carbocycles. The average Bonchev–Trinajstić information content (AvgIpc) is 2.37. The zero-order chi connectivity index (χ0) is 15.6. The van der Waals surface area contributed by atoms with Crippen LogP contribution in [0.5, 0.6) is 5.75 Å². The Labute approximate surface area is 128 Å². The fraction of sp³-hybridized carbons (Fsp3) is 0.294. The molecule has 0 aliphatic heterocycles. The second-order valence-electron chi connectivity index (χ2n) is 5.12. The fourth-order valence-corrected chi connectivity index (χ4v) is 3.07. The Morgan fingerprint density at radius 1 is 0.952 bits per heavy atom. The molecule has 0 bridgehead atoms. The van der Waals surface area contributed by atoms with Crippen LogP contribution in [0, 0.1) is 20.8 Å². The van der Waals surface area contributed by atoms with E-state index in [4.69, 9.17) is 11.6 Å². The van der Waals surface area contributed by atoms with Gasteiger partial charge >= 0.3 is 6.61 Å². The van der Waals surface area contributed by atoms with E-state index < -0.39 is 6.61 Å². The summed E-state index contributed by atoms with van der Waals surface area (Å²) < 4.78 is 28.6.